The fourth-order valence-corrected chi connectivity index (χ4v) is 5.12. The summed E-state index contributed by atoms with van der Waals surface area (Å²) < 4.78 is 49.2. The van der Waals surface area contributed by atoms with Crippen LogP contribution >= 0.6 is 0 Å². The lowest BCUT2D eigenvalue weighted by Crippen LogP contribution is -2.48. The zero-order valence-electron chi connectivity index (χ0n) is 22.8. The Kier molecular flexibility index (Phi) is 8.49. The molecule has 5 rings (SSSR count). The number of allylic oxidation sites excluding steroid dienone is 4. The Morgan fingerprint density at radius 2 is 1.80 bits per heavy atom. The first-order chi connectivity index (χ1) is 19.7. The normalized spacial score (nSPS) is 17.6. The SMILES string of the molecule is CC1=CC(C2=CCc3cccc(C(=O)NCCN4CCN(c5ccccc5OCC(F)(F)F)CC4)c3O2)=CCC1=O. The molecule has 0 radical (unpaired) electrons. The van der Waals surface area contributed by atoms with E-state index in [0.717, 1.165) is 11.1 Å². The zero-order chi connectivity index (χ0) is 29.0. The van der Waals surface area contributed by atoms with Crippen molar-refractivity contribution in [1.29, 1.82) is 0 Å². The first-order valence-electron chi connectivity index (χ1n) is 13.6. The number of benzene rings is 2. The first-order valence-corrected chi connectivity index (χ1v) is 13.6. The minimum absolute atomic E-state index is 0.0896. The number of ketones is 1. The van der Waals surface area contributed by atoms with Gasteiger partial charge in [-0.3, -0.25) is 14.5 Å². The van der Waals surface area contributed by atoms with Crippen LogP contribution in [0.4, 0.5) is 18.9 Å². The molecule has 0 atom stereocenters. The van der Waals surface area contributed by atoms with Gasteiger partial charge in [0.15, 0.2) is 12.4 Å². The predicted octanol–water partition coefficient (Wildman–Crippen LogP) is 4.84. The molecule has 0 aromatic heterocycles. The number of carbonyl (C=O) groups is 2. The summed E-state index contributed by atoms with van der Waals surface area (Å²) in [6.45, 7) is 4.20. The van der Waals surface area contributed by atoms with E-state index in [2.05, 4.69) is 10.2 Å². The molecule has 41 heavy (non-hydrogen) atoms. The van der Waals surface area contributed by atoms with Crippen LogP contribution in [-0.4, -0.2) is 68.6 Å². The van der Waals surface area contributed by atoms with Crippen LogP contribution in [0, 0.1) is 0 Å². The van der Waals surface area contributed by atoms with Gasteiger partial charge < -0.3 is 19.7 Å². The van der Waals surface area contributed by atoms with Crippen molar-refractivity contribution in [3.63, 3.8) is 0 Å². The summed E-state index contributed by atoms with van der Waals surface area (Å²) in [7, 11) is 0. The smallest absolute Gasteiger partial charge is 0.422 e. The van der Waals surface area contributed by atoms with Crippen molar-refractivity contribution in [1.82, 2.24) is 10.2 Å². The van der Waals surface area contributed by atoms with Crippen LogP contribution in [-0.2, 0) is 11.2 Å². The summed E-state index contributed by atoms with van der Waals surface area (Å²) in [6, 6.07) is 12.3. The van der Waals surface area contributed by atoms with Crippen LogP contribution < -0.4 is 19.7 Å². The number of ether oxygens (including phenoxy) is 2. The van der Waals surface area contributed by atoms with E-state index in [1.165, 1.54) is 0 Å². The molecular weight excluding hydrogens is 535 g/mol. The number of hydrogen-bond acceptors (Lipinski definition) is 6. The first kappa shape index (κ1) is 28.5. The number of anilines is 1. The minimum atomic E-state index is -4.40. The van der Waals surface area contributed by atoms with E-state index in [0.29, 0.717) is 80.4 Å². The molecule has 216 valence electrons. The molecule has 2 aliphatic heterocycles. The molecule has 2 heterocycles. The molecule has 1 aliphatic carbocycles. The lowest BCUT2D eigenvalue weighted by Gasteiger charge is -2.36. The van der Waals surface area contributed by atoms with Gasteiger partial charge in [-0.1, -0.05) is 30.3 Å². The summed E-state index contributed by atoms with van der Waals surface area (Å²) >= 11 is 0. The summed E-state index contributed by atoms with van der Waals surface area (Å²) in [6.07, 6.45) is 2.20. The third kappa shape index (κ3) is 7.00. The number of rotatable bonds is 8. The van der Waals surface area contributed by atoms with Gasteiger partial charge in [-0.2, -0.15) is 13.2 Å². The average Bonchev–Trinajstić information content (AvgIpc) is 2.97. The number of fused-ring (bicyclic) bond motifs is 1. The highest BCUT2D eigenvalue weighted by atomic mass is 19.4. The van der Waals surface area contributed by atoms with Crippen LogP contribution in [0.15, 0.2) is 77.6 Å². The number of alkyl halides is 3. The highest BCUT2D eigenvalue weighted by molar-refractivity contribution is 5.98. The van der Waals surface area contributed by atoms with Gasteiger partial charge in [-0.05, 0) is 54.8 Å². The minimum Gasteiger partial charge on any atom is -0.482 e. The molecule has 1 fully saturated rings. The Morgan fingerprint density at radius 3 is 2.56 bits per heavy atom. The van der Waals surface area contributed by atoms with Gasteiger partial charge in [0.05, 0.1) is 11.3 Å². The van der Waals surface area contributed by atoms with E-state index in [4.69, 9.17) is 9.47 Å². The van der Waals surface area contributed by atoms with Crippen molar-refractivity contribution in [2.24, 2.45) is 0 Å². The second kappa shape index (κ2) is 12.2. The van der Waals surface area contributed by atoms with E-state index in [1.807, 2.05) is 35.3 Å². The maximum atomic E-state index is 13.1. The lowest BCUT2D eigenvalue weighted by molar-refractivity contribution is -0.153. The second-order valence-electron chi connectivity index (χ2n) is 10.2. The van der Waals surface area contributed by atoms with Crippen molar-refractivity contribution in [2.45, 2.75) is 25.9 Å². The van der Waals surface area contributed by atoms with Gasteiger partial charge in [0, 0.05) is 51.3 Å². The Morgan fingerprint density at radius 1 is 1.02 bits per heavy atom. The Hall–Kier alpha value is -4.05. The number of amides is 1. The summed E-state index contributed by atoms with van der Waals surface area (Å²) in [5.74, 6) is 1.26. The molecule has 2 aromatic rings. The number of piperazine rings is 1. The molecule has 7 nitrogen and oxygen atoms in total. The second-order valence-corrected chi connectivity index (χ2v) is 10.2. The van der Waals surface area contributed by atoms with E-state index >= 15 is 0 Å². The van der Waals surface area contributed by atoms with Crippen molar-refractivity contribution in [3.8, 4) is 11.5 Å². The molecule has 10 heteroatoms. The molecular formula is C31H32F3N3O4. The van der Waals surface area contributed by atoms with Crippen molar-refractivity contribution >= 4 is 17.4 Å². The van der Waals surface area contributed by atoms with Crippen LogP contribution in [0.1, 0.15) is 29.3 Å². The number of Topliss-reactive ketones (excluding diaryl/α,β-unsaturated/α-hetero) is 1. The van der Waals surface area contributed by atoms with E-state index < -0.39 is 12.8 Å². The number of carbonyl (C=O) groups excluding carboxylic acids is 2. The van der Waals surface area contributed by atoms with E-state index in [9.17, 15) is 22.8 Å². The maximum Gasteiger partial charge on any atom is 0.422 e. The van der Waals surface area contributed by atoms with Crippen molar-refractivity contribution in [2.75, 3.05) is 50.8 Å². The fourth-order valence-electron chi connectivity index (χ4n) is 5.12. The largest absolute Gasteiger partial charge is 0.482 e. The average molecular weight is 568 g/mol. The van der Waals surface area contributed by atoms with Gasteiger partial charge in [-0.15, -0.1) is 0 Å². The van der Waals surface area contributed by atoms with E-state index in [-0.39, 0.29) is 17.4 Å². The van der Waals surface area contributed by atoms with E-state index in [1.54, 1.807) is 37.3 Å². The van der Waals surface area contributed by atoms with Gasteiger partial charge in [0.2, 0.25) is 0 Å². The standard InChI is InChI=1S/C31H32F3N3O4/c1-21-19-23(9-11-26(21)38)27-12-10-22-5-4-6-24(29(22)41-27)30(39)35-13-14-36-15-17-37(18-16-36)25-7-2-3-8-28(25)40-20-31(32,33)34/h2-9,12,19H,10-11,13-18,20H2,1H3,(H,35,39). The highest BCUT2D eigenvalue weighted by Gasteiger charge is 2.29. The molecule has 0 saturated carbocycles. The number of para-hydroxylation sites is 3. The Balaban J connectivity index is 1.13. The molecule has 0 unspecified atom stereocenters. The quantitative estimate of drug-likeness (QED) is 0.492. The summed E-state index contributed by atoms with van der Waals surface area (Å²) in [5, 5.41) is 3.00. The maximum absolute atomic E-state index is 13.1. The molecule has 1 N–H and O–H groups in total. The molecule has 0 spiro atoms. The monoisotopic (exact) mass is 567 g/mol. The number of nitrogens with zero attached hydrogens (tertiary/aromatic N) is 2. The summed E-state index contributed by atoms with van der Waals surface area (Å²) in [5.41, 5.74) is 3.56. The molecule has 3 aliphatic rings. The zero-order valence-corrected chi connectivity index (χ0v) is 22.8. The predicted molar refractivity (Wildman–Crippen MR) is 149 cm³/mol. The Labute approximate surface area is 236 Å². The molecule has 0 bridgehead atoms. The van der Waals surface area contributed by atoms with Gasteiger partial charge >= 0.3 is 6.18 Å². The van der Waals surface area contributed by atoms with Gasteiger partial charge in [-0.25, -0.2) is 0 Å². The molecule has 2 aromatic carbocycles. The van der Waals surface area contributed by atoms with Crippen molar-refractivity contribution in [3.05, 3.63) is 88.7 Å². The fraction of sp³-hybridized carbons (Fsp3) is 0.355. The van der Waals surface area contributed by atoms with Crippen LogP contribution in [0.25, 0.3) is 0 Å². The number of hydrogen-bond donors (Lipinski definition) is 1. The number of halogens is 3. The topological polar surface area (TPSA) is 71.1 Å². The summed E-state index contributed by atoms with van der Waals surface area (Å²) in [4.78, 5) is 29.2. The molecule has 1 amide bonds. The van der Waals surface area contributed by atoms with Crippen LogP contribution in [0.3, 0.4) is 0 Å². The number of nitrogens with one attached hydrogen (secondary N) is 1. The molecule has 1 saturated heterocycles. The van der Waals surface area contributed by atoms with Crippen LogP contribution in [0.5, 0.6) is 11.5 Å². The van der Waals surface area contributed by atoms with Gasteiger partial charge in [0.1, 0.15) is 17.3 Å². The third-order valence-corrected chi connectivity index (χ3v) is 7.35. The van der Waals surface area contributed by atoms with Crippen molar-refractivity contribution < 1.29 is 32.2 Å². The lowest BCUT2D eigenvalue weighted by atomic mass is 9.95. The highest BCUT2D eigenvalue weighted by Crippen LogP contribution is 2.34. The Bertz CT molecular complexity index is 1410. The van der Waals surface area contributed by atoms with Gasteiger partial charge in [0.25, 0.3) is 5.91 Å². The van der Waals surface area contributed by atoms with Crippen LogP contribution in [0.2, 0.25) is 0 Å². The third-order valence-electron chi connectivity index (χ3n) is 7.35.